The average molecular weight is 409 g/mol. The third-order valence-electron chi connectivity index (χ3n) is 3.16. The van der Waals surface area contributed by atoms with Gasteiger partial charge in [0.15, 0.2) is 6.61 Å². The molecule has 1 aromatic heterocycles. The summed E-state index contributed by atoms with van der Waals surface area (Å²) < 4.78 is 7.26. The fourth-order valence-electron chi connectivity index (χ4n) is 2.14. The van der Waals surface area contributed by atoms with E-state index in [0.29, 0.717) is 11.3 Å². The first-order valence-corrected chi connectivity index (χ1v) is 7.91. The number of Topliss-reactive ketones (excluding diaryl/α,β-unsaturated/α-hetero) is 1. The van der Waals surface area contributed by atoms with Crippen molar-refractivity contribution in [3.8, 4) is 5.75 Å². The van der Waals surface area contributed by atoms with E-state index in [0.717, 1.165) is 19.8 Å². The van der Waals surface area contributed by atoms with Gasteiger partial charge in [-0.2, -0.15) is 0 Å². The first-order chi connectivity index (χ1) is 10.2. The SMILES string of the molecule is O=C(COc1c(Br)cccc1Br)c1c[nH]c2ccccc12. The van der Waals surface area contributed by atoms with Crippen LogP contribution in [0.2, 0.25) is 0 Å². The minimum Gasteiger partial charge on any atom is -0.483 e. The van der Waals surface area contributed by atoms with Crippen molar-refractivity contribution < 1.29 is 9.53 Å². The van der Waals surface area contributed by atoms with Crippen molar-refractivity contribution in [2.75, 3.05) is 6.61 Å². The molecule has 0 unspecified atom stereocenters. The van der Waals surface area contributed by atoms with Gasteiger partial charge in [-0.05, 0) is 50.1 Å². The van der Waals surface area contributed by atoms with Crippen molar-refractivity contribution >= 4 is 48.5 Å². The van der Waals surface area contributed by atoms with Crippen molar-refractivity contribution in [3.05, 3.63) is 63.2 Å². The van der Waals surface area contributed by atoms with Crippen LogP contribution in [0.5, 0.6) is 5.75 Å². The number of hydrogen-bond donors (Lipinski definition) is 1. The van der Waals surface area contributed by atoms with Crippen LogP contribution in [0.1, 0.15) is 10.4 Å². The number of aromatic amines is 1. The summed E-state index contributed by atoms with van der Waals surface area (Å²) in [6.07, 6.45) is 1.73. The smallest absolute Gasteiger partial charge is 0.202 e. The van der Waals surface area contributed by atoms with Crippen molar-refractivity contribution in [1.82, 2.24) is 4.98 Å². The highest BCUT2D eigenvalue weighted by Crippen LogP contribution is 2.33. The number of carbonyl (C=O) groups excluding carboxylic acids is 1. The molecule has 5 heteroatoms. The lowest BCUT2D eigenvalue weighted by Crippen LogP contribution is -2.11. The molecule has 1 heterocycles. The molecule has 21 heavy (non-hydrogen) atoms. The number of nitrogens with one attached hydrogen (secondary N) is 1. The maximum absolute atomic E-state index is 12.3. The zero-order valence-corrected chi connectivity index (χ0v) is 14.1. The second kappa shape index (κ2) is 6.03. The van der Waals surface area contributed by atoms with Crippen molar-refractivity contribution in [2.24, 2.45) is 0 Å². The molecule has 0 amide bonds. The molecule has 3 rings (SSSR count). The summed E-state index contributed by atoms with van der Waals surface area (Å²) in [6.45, 7) is -0.0109. The number of ether oxygens (including phenoxy) is 1. The molecule has 3 aromatic rings. The van der Waals surface area contributed by atoms with Crippen molar-refractivity contribution in [1.29, 1.82) is 0 Å². The van der Waals surface area contributed by atoms with Crippen molar-refractivity contribution in [2.45, 2.75) is 0 Å². The van der Waals surface area contributed by atoms with Gasteiger partial charge >= 0.3 is 0 Å². The number of H-pyrrole nitrogens is 1. The van der Waals surface area contributed by atoms with E-state index < -0.39 is 0 Å². The maximum Gasteiger partial charge on any atom is 0.202 e. The molecular formula is C16H11Br2NO2. The zero-order chi connectivity index (χ0) is 14.8. The zero-order valence-electron chi connectivity index (χ0n) is 10.9. The molecule has 0 saturated carbocycles. The summed E-state index contributed by atoms with van der Waals surface area (Å²) in [5, 5.41) is 0.914. The van der Waals surface area contributed by atoms with Gasteiger partial charge in [0.05, 0.1) is 8.95 Å². The molecular weight excluding hydrogens is 398 g/mol. The van der Waals surface area contributed by atoms with Gasteiger partial charge < -0.3 is 9.72 Å². The lowest BCUT2D eigenvalue weighted by Gasteiger charge is -2.09. The predicted octanol–water partition coefficient (Wildman–Crippen LogP) is 4.95. The summed E-state index contributed by atoms with van der Waals surface area (Å²) in [5.74, 6) is 0.570. The molecule has 0 saturated heterocycles. The van der Waals surface area contributed by atoms with E-state index in [4.69, 9.17) is 4.74 Å². The number of carbonyl (C=O) groups is 1. The molecule has 0 aliphatic heterocycles. The molecule has 0 spiro atoms. The van der Waals surface area contributed by atoms with Crippen LogP contribution < -0.4 is 4.74 Å². The van der Waals surface area contributed by atoms with Gasteiger partial charge in [-0.15, -0.1) is 0 Å². The Morgan fingerprint density at radius 1 is 1.05 bits per heavy atom. The van der Waals surface area contributed by atoms with Crippen molar-refractivity contribution in [3.63, 3.8) is 0 Å². The summed E-state index contributed by atoms with van der Waals surface area (Å²) in [4.78, 5) is 15.4. The predicted molar refractivity (Wildman–Crippen MR) is 90.0 cm³/mol. The third kappa shape index (κ3) is 2.89. The quantitative estimate of drug-likeness (QED) is 0.620. The van der Waals surface area contributed by atoms with Crippen LogP contribution >= 0.6 is 31.9 Å². The van der Waals surface area contributed by atoms with Gasteiger partial charge in [0.25, 0.3) is 0 Å². The molecule has 1 N–H and O–H groups in total. The lowest BCUT2D eigenvalue weighted by atomic mass is 10.1. The summed E-state index contributed by atoms with van der Waals surface area (Å²) in [7, 11) is 0. The van der Waals surface area contributed by atoms with E-state index in [9.17, 15) is 4.79 Å². The van der Waals surface area contributed by atoms with Gasteiger partial charge in [0.2, 0.25) is 5.78 Å². The Hall–Kier alpha value is -1.59. The monoisotopic (exact) mass is 407 g/mol. The van der Waals surface area contributed by atoms with Crippen LogP contribution in [0.3, 0.4) is 0 Å². The third-order valence-corrected chi connectivity index (χ3v) is 4.41. The normalized spacial score (nSPS) is 10.8. The first-order valence-electron chi connectivity index (χ1n) is 6.33. The summed E-state index contributed by atoms with van der Waals surface area (Å²) >= 11 is 6.83. The fourth-order valence-corrected chi connectivity index (χ4v) is 3.37. The van der Waals surface area contributed by atoms with Gasteiger partial charge in [0.1, 0.15) is 5.75 Å². The summed E-state index contributed by atoms with van der Waals surface area (Å²) in [6, 6.07) is 13.3. The summed E-state index contributed by atoms with van der Waals surface area (Å²) in [5.41, 5.74) is 1.59. The van der Waals surface area contributed by atoms with E-state index >= 15 is 0 Å². The van der Waals surface area contributed by atoms with Gasteiger partial charge in [-0.3, -0.25) is 4.79 Å². The van der Waals surface area contributed by atoms with E-state index in [1.54, 1.807) is 6.20 Å². The highest BCUT2D eigenvalue weighted by atomic mass is 79.9. The van der Waals surface area contributed by atoms with Crippen LogP contribution in [0.15, 0.2) is 57.6 Å². The van der Waals surface area contributed by atoms with Crippen LogP contribution in [0.4, 0.5) is 0 Å². The molecule has 2 aromatic carbocycles. The Kier molecular flexibility index (Phi) is 4.12. The Morgan fingerprint density at radius 3 is 2.52 bits per heavy atom. The number of para-hydroxylation sites is 2. The minimum atomic E-state index is -0.0601. The van der Waals surface area contributed by atoms with Crippen LogP contribution in [0, 0.1) is 0 Å². The first kappa shape index (κ1) is 14.4. The number of ketones is 1. The van der Waals surface area contributed by atoms with Crippen LogP contribution in [-0.2, 0) is 0 Å². The maximum atomic E-state index is 12.3. The minimum absolute atomic E-state index is 0.0109. The highest BCUT2D eigenvalue weighted by molar-refractivity contribution is 9.11. The van der Waals surface area contributed by atoms with E-state index in [1.807, 2.05) is 42.5 Å². The topological polar surface area (TPSA) is 42.1 Å². The van der Waals surface area contributed by atoms with E-state index in [2.05, 4.69) is 36.8 Å². The Balaban J connectivity index is 1.81. The lowest BCUT2D eigenvalue weighted by molar-refractivity contribution is 0.0922. The molecule has 0 aliphatic rings. The Morgan fingerprint density at radius 2 is 1.76 bits per heavy atom. The number of rotatable bonds is 4. The number of halogens is 2. The average Bonchev–Trinajstić information content (AvgIpc) is 2.90. The Bertz CT molecular complexity index is 791. The van der Waals surface area contributed by atoms with Gasteiger partial charge in [-0.1, -0.05) is 24.3 Å². The number of fused-ring (bicyclic) bond motifs is 1. The molecule has 0 bridgehead atoms. The number of benzene rings is 2. The van der Waals surface area contributed by atoms with Crippen LogP contribution in [0.25, 0.3) is 10.9 Å². The second-order valence-corrected chi connectivity index (χ2v) is 6.22. The standard InChI is InChI=1S/C16H11Br2NO2/c17-12-5-3-6-13(18)16(12)21-9-15(20)11-8-19-14-7-2-1-4-10(11)14/h1-8,19H,9H2. The largest absolute Gasteiger partial charge is 0.483 e. The van der Waals surface area contributed by atoms with Gasteiger partial charge in [-0.25, -0.2) is 0 Å². The molecule has 0 radical (unpaired) electrons. The van der Waals surface area contributed by atoms with Crippen LogP contribution in [-0.4, -0.2) is 17.4 Å². The molecule has 0 fully saturated rings. The highest BCUT2D eigenvalue weighted by Gasteiger charge is 2.14. The number of hydrogen-bond acceptors (Lipinski definition) is 2. The molecule has 106 valence electrons. The molecule has 3 nitrogen and oxygen atoms in total. The fraction of sp³-hybridized carbons (Fsp3) is 0.0625. The second-order valence-electron chi connectivity index (χ2n) is 4.51. The van der Waals surface area contributed by atoms with Gasteiger partial charge in [0, 0.05) is 22.7 Å². The molecule has 0 aliphatic carbocycles. The number of aromatic nitrogens is 1. The van der Waals surface area contributed by atoms with E-state index in [-0.39, 0.29) is 12.4 Å². The Labute approximate surface area is 138 Å². The van der Waals surface area contributed by atoms with E-state index in [1.165, 1.54) is 0 Å². The molecule has 0 atom stereocenters.